The van der Waals surface area contributed by atoms with Gasteiger partial charge in [-0.1, -0.05) is 13.0 Å². The van der Waals surface area contributed by atoms with E-state index < -0.39 is 0 Å². The van der Waals surface area contributed by atoms with Crippen LogP contribution in [0.5, 0.6) is 0 Å². The molecule has 0 aliphatic rings. The maximum Gasteiger partial charge on any atom is 0.0584 e. The minimum Gasteiger partial charge on any atom is -0.378 e. The van der Waals surface area contributed by atoms with Crippen LogP contribution in [0.3, 0.4) is 0 Å². The van der Waals surface area contributed by atoms with Crippen LogP contribution in [0.2, 0.25) is 0 Å². The van der Waals surface area contributed by atoms with Crippen LogP contribution in [0.15, 0.2) is 24.4 Å². The largest absolute Gasteiger partial charge is 0.378 e. The molecule has 1 atom stereocenters. The van der Waals surface area contributed by atoms with E-state index in [2.05, 4.69) is 11.9 Å². The fourth-order valence-corrected chi connectivity index (χ4v) is 1.47. The molecule has 15 heavy (non-hydrogen) atoms. The molecule has 1 rings (SSSR count). The van der Waals surface area contributed by atoms with Crippen molar-refractivity contribution in [3.8, 4) is 0 Å². The van der Waals surface area contributed by atoms with Crippen LogP contribution >= 0.6 is 0 Å². The molecule has 0 aliphatic carbocycles. The molecule has 1 aromatic heterocycles. The molecule has 0 aromatic carbocycles. The molecule has 84 valence electrons. The van der Waals surface area contributed by atoms with Crippen LogP contribution in [0.4, 0.5) is 0 Å². The van der Waals surface area contributed by atoms with Crippen molar-refractivity contribution in [2.24, 2.45) is 5.73 Å². The number of nitrogens with two attached hydrogens (primary N) is 1. The molecule has 1 heterocycles. The lowest BCUT2D eigenvalue weighted by molar-refractivity contribution is 0.0483. The van der Waals surface area contributed by atoms with Gasteiger partial charge < -0.3 is 10.5 Å². The summed E-state index contributed by atoms with van der Waals surface area (Å²) in [5.74, 6) is 0. The van der Waals surface area contributed by atoms with Gasteiger partial charge in [0.1, 0.15) is 0 Å². The molecule has 3 heteroatoms. The van der Waals surface area contributed by atoms with E-state index in [1.807, 2.05) is 24.4 Å². The third kappa shape index (κ3) is 4.91. The number of rotatable bonds is 7. The molecule has 0 radical (unpaired) electrons. The van der Waals surface area contributed by atoms with Gasteiger partial charge in [0, 0.05) is 18.3 Å². The average molecular weight is 208 g/mol. The topological polar surface area (TPSA) is 48.1 Å². The normalized spacial score (nSPS) is 12.7. The minimum atomic E-state index is 0.304. The van der Waals surface area contributed by atoms with Crippen molar-refractivity contribution in [2.45, 2.75) is 32.3 Å². The Balaban J connectivity index is 2.20. The van der Waals surface area contributed by atoms with Gasteiger partial charge in [-0.05, 0) is 31.5 Å². The summed E-state index contributed by atoms with van der Waals surface area (Å²) in [7, 11) is 0. The highest BCUT2D eigenvalue weighted by Gasteiger charge is 2.04. The number of nitrogens with zero attached hydrogens (tertiary/aromatic N) is 1. The summed E-state index contributed by atoms with van der Waals surface area (Å²) in [6.07, 6.45) is 4.96. The quantitative estimate of drug-likeness (QED) is 0.743. The highest BCUT2D eigenvalue weighted by Crippen LogP contribution is 2.03. The van der Waals surface area contributed by atoms with Gasteiger partial charge in [0.2, 0.25) is 0 Å². The summed E-state index contributed by atoms with van der Waals surface area (Å²) < 4.78 is 5.72. The van der Waals surface area contributed by atoms with Crippen molar-refractivity contribution >= 4 is 0 Å². The Morgan fingerprint density at radius 3 is 2.93 bits per heavy atom. The third-order valence-corrected chi connectivity index (χ3v) is 2.38. The second-order valence-electron chi connectivity index (χ2n) is 3.55. The Labute approximate surface area is 91.7 Å². The van der Waals surface area contributed by atoms with Crippen LogP contribution in [0.1, 0.15) is 25.5 Å². The molecular formula is C12H20N2O. The van der Waals surface area contributed by atoms with Gasteiger partial charge in [0.25, 0.3) is 0 Å². The van der Waals surface area contributed by atoms with Gasteiger partial charge in [-0.25, -0.2) is 0 Å². The van der Waals surface area contributed by atoms with Crippen LogP contribution in [-0.4, -0.2) is 24.2 Å². The lowest BCUT2D eigenvalue weighted by Gasteiger charge is -2.14. The summed E-state index contributed by atoms with van der Waals surface area (Å²) in [6, 6.07) is 5.94. The maximum atomic E-state index is 5.72. The van der Waals surface area contributed by atoms with Gasteiger partial charge in [-0.15, -0.1) is 0 Å². The zero-order valence-electron chi connectivity index (χ0n) is 9.36. The molecule has 1 unspecified atom stereocenters. The zero-order chi connectivity index (χ0) is 10.9. The molecule has 3 nitrogen and oxygen atoms in total. The Morgan fingerprint density at radius 1 is 1.47 bits per heavy atom. The first-order valence-corrected chi connectivity index (χ1v) is 5.58. The van der Waals surface area contributed by atoms with Crippen molar-refractivity contribution in [1.82, 2.24) is 4.98 Å². The lowest BCUT2D eigenvalue weighted by atomic mass is 10.2. The Kier molecular flexibility index (Phi) is 5.97. The van der Waals surface area contributed by atoms with E-state index >= 15 is 0 Å². The van der Waals surface area contributed by atoms with Crippen molar-refractivity contribution in [3.63, 3.8) is 0 Å². The predicted octanol–water partition coefficient (Wildman–Crippen LogP) is 1.77. The minimum absolute atomic E-state index is 0.304. The zero-order valence-corrected chi connectivity index (χ0v) is 9.36. The van der Waals surface area contributed by atoms with Gasteiger partial charge in [0.05, 0.1) is 12.7 Å². The molecule has 1 aromatic rings. The standard InChI is InChI=1S/C12H20N2O/c1-2-12(6-8-13)15-10-7-11-5-3-4-9-14-11/h3-5,9,12H,2,6-8,10,13H2,1H3. The Hall–Kier alpha value is -0.930. The second kappa shape index (κ2) is 7.37. The molecular weight excluding hydrogens is 188 g/mol. The number of aromatic nitrogens is 1. The smallest absolute Gasteiger partial charge is 0.0584 e. The second-order valence-corrected chi connectivity index (χ2v) is 3.55. The van der Waals surface area contributed by atoms with E-state index in [-0.39, 0.29) is 0 Å². The SMILES string of the molecule is CCC(CCN)OCCc1ccccn1. The molecule has 0 fully saturated rings. The maximum absolute atomic E-state index is 5.72. The van der Waals surface area contributed by atoms with E-state index in [9.17, 15) is 0 Å². The van der Waals surface area contributed by atoms with E-state index in [1.165, 1.54) is 0 Å². The van der Waals surface area contributed by atoms with E-state index in [0.717, 1.165) is 31.6 Å². The van der Waals surface area contributed by atoms with Gasteiger partial charge in [-0.2, -0.15) is 0 Å². The molecule has 0 saturated carbocycles. The van der Waals surface area contributed by atoms with Gasteiger partial charge in [-0.3, -0.25) is 4.98 Å². The van der Waals surface area contributed by atoms with Gasteiger partial charge >= 0.3 is 0 Å². The van der Waals surface area contributed by atoms with Crippen LogP contribution in [-0.2, 0) is 11.2 Å². The number of pyridine rings is 1. The summed E-state index contributed by atoms with van der Waals surface area (Å²) in [6.45, 7) is 3.55. The lowest BCUT2D eigenvalue weighted by Crippen LogP contribution is -2.18. The van der Waals surface area contributed by atoms with E-state index in [4.69, 9.17) is 10.5 Å². The monoisotopic (exact) mass is 208 g/mol. The fraction of sp³-hybridized carbons (Fsp3) is 0.583. The van der Waals surface area contributed by atoms with Crippen molar-refractivity contribution in [1.29, 1.82) is 0 Å². The Bertz CT molecular complexity index is 251. The first-order chi connectivity index (χ1) is 7.36. The summed E-state index contributed by atoms with van der Waals surface area (Å²) in [4.78, 5) is 4.24. The highest BCUT2D eigenvalue weighted by atomic mass is 16.5. The van der Waals surface area contributed by atoms with Crippen LogP contribution in [0.25, 0.3) is 0 Å². The predicted molar refractivity (Wildman–Crippen MR) is 61.6 cm³/mol. The van der Waals surface area contributed by atoms with Crippen molar-refractivity contribution < 1.29 is 4.74 Å². The fourth-order valence-electron chi connectivity index (χ4n) is 1.47. The Morgan fingerprint density at radius 2 is 2.33 bits per heavy atom. The number of ether oxygens (including phenoxy) is 1. The van der Waals surface area contributed by atoms with Crippen molar-refractivity contribution in [3.05, 3.63) is 30.1 Å². The number of hydrogen-bond donors (Lipinski definition) is 1. The summed E-state index contributed by atoms with van der Waals surface area (Å²) in [5, 5.41) is 0. The molecule has 0 aliphatic heterocycles. The van der Waals surface area contributed by atoms with Gasteiger partial charge in [0.15, 0.2) is 0 Å². The first kappa shape index (κ1) is 12.1. The molecule has 0 amide bonds. The molecule has 0 bridgehead atoms. The first-order valence-electron chi connectivity index (χ1n) is 5.58. The third-order valence-electron chi connectivity index (χ3n) is 2.38. The molecule has 0 spiro atoms. The van der Waals surface area contributed by atoms with Crippen molar-refractivity contribution in [2.75, 3.05) is 13.2 Å². The van der Waals surface area contributed by atoms with E-state index in [1.54, 1.807) is 0 Å². The average Bonchev–Trinajstić information content (AvgIpc) is 2.29. The number of hydrogen-bond acceptors (Lipinski definition) is 3. The van der Waals surface area contributed by atoms with Crippen LogP contribution in [0, 0.1) is 0 Å². The molecule has 0 saturated heterocycles. The van der Waals surface area contributed by atoms with E-state index in [0.29, 0.717) is 12.6 Å². The van der Waals surface area contributed by atoms with Crippen LogP contribution < -0.4 is 5.73 Å². The summed E-state index contributed by atoms with van der Waals surface area (Å²) >= 11 is 0. The summed E-state index contributed by atoms with van der Waals surface area (Å²) in [5.41, 5.74) is 6.58. The molecule has 2 N–H and O–H groups in total. The highest BCUT2D eigenvalue weighted by molar-refractivity contribution is 5.03.